The quantitative estimate of drug-likeness (QED) is 0.865. The fraction of sp³-hybridized carbons (Fsp3) is 0.524. The number of hydrogen-bond acceptors (Lipinski definition) is 3. The first kappa shape index (κ1) is 17.1. The predicted molar refractivity (Wildman–Crippen MR) is 99.7 cm³/mol. The number of imidazole rings is 1. The van der Waals surface area contributed by atoms with E-state index in [0.29, 0.717) is 12.3 Å². The molecule has 2 bridgehead atoms. The van der Waals surface area contributed by atoms with Crippen LogP contribution in [0, 0.1) is 17.8 Å². The Morgan fingerprint density at radius 2 is 2.12 bits per heavy atom. The number of amides is 1. The molecule has 1 amide bonds. The van der Waals surface area contributed by atoms with Gasteiger partial charge in [-0.05, 0) is 54.7 Å². The fourth-order valence-corrected chi connectivity index (χ4v) is 4.83. The third kappa shape index (κ3) is 3.35. The van der Waals surface area contributed by atoms with Crippen LogP contribution in [-0.2, 0) is 11.8 Å². The van der Waals surface area contributed by atoms with E-state index in [1.807, 2.05) is 42.1 Å². The number of nitrogens with zero attached hydrogens (tertiary/aromatic N) is 2. The van der Waals surface area contributed by atoms with Gasteiger partial charge in [-0.25, -0.2) is 4.98 Å². The van der Waals surface area contributed by atoms with Crippen molar-refractivity contribution in [3.05, 3.63) is 48.0 Å². The van der Waals surface area contributed by atoms with E-state index in [4.69, 9.17) is 4.74 Å². The molecule has 5 heteroatoms. The standard InChI is InChI=1S/C21H27N3O2/c1-24-10-9-22-21(24)20(15-5-7-18(26-2)8-6-15)23-19(25)13-17-12-14-3-4-16(17)11-14/h5-10,14,16-17,20H,3-4,11-13H2,1-2H3,(H,23,25)/t14-,16-,17+,20+/m0/s1. The van der Waals surface area contributed by atoms with Gasteiger partial charge in [0, 0.05) is 25.9 Å². The lowest BCUT2D eigenvalue weighted by Gasteiger charge is -2.24. The molecule has 26 heavy (non-hydrogen) atoms. The van der Waals surface area contributed by atoms with Crippen molar-refractivity contribution in [1.29, 1.82) is 0 Å². The molecule has 1 aromatic heterocycles. The number of carbonyl (C=O) groups excluding carboxylic acids is 1. The van der Waals surface area contributed by atoms with E-state index in [-0.39, 0.29) is 11.9 Å². The molecule has 0 radical (unpaired) electrons. The van der Waals surface area contributed by atoms with E-state index in [1.54, 1.807) is 13.3 Å². The molecular weight excluding hydrogens is 326 g/mol. The van der Waals surface area contributed by atoms with Crippen LogP contribution < -0.4 is 10.1 Å². The third-order valence-electron chi connectivity index (χ3n) is 6.20. The summed E-state index contributed by atoms with van der Waals surface area (Å²) in [6.45, 7) is 0. The van der Waals surface area contributed by atoms with Gasteiger partial charge < -0.3 is 14.6 Å². The van der Waals surface area contributed by atoms with E-state index < -0.39 is 0 Å². The Morgan fingerprint density at radius 3 is 2.69 bits per heavy atom. The zero-order valence-corrected chi connectivity index (χ0v) is 15.5. The molecule has 4 atom stereocenters. The minimum atomic E-state index is -0.244. The Balaban J connectivity index is 1.51. The monoisotopic (exact) mass is 353 g/mol. The molecule has 2 fully saturated rings. The molecular formula is C21H27N3O2. The van der Waals surface area contributed by atoms with Crippen molar-refractivity contribution in [2.45, 2.75) is 38.1 Å². The van der Waals surface area contributed by atoms with Crippen LogP contribution in [0.3, 0.4) is 0 Å². The largest absolute Gasteiger partial charge is 0.497 e. The molecule has 0 spiro atoms. The van der Waals surface area contributed by atoms with Crippen LogP contribution in [-0.4, -0.2) is 22.6 Å². The van der Waals surface area contributed by atoms with Gasteiger partial charge in [-0.15, -0.1) is 0 Å². The number of benzene rings is 1. The van der Waals surface area contributed by atoms with Gasteiger partial charge in [0.05, 0.1) is 7.11 Å². The second-order valence-electron chi connectivity index (χ2n) is 7.81. The van der Waals surface area contributed by atoms with E-state index in [1.165, 1.54) is 25.7 Å². The maximum Gasteiger partial charge on any atom is 0.221 e. The van der Waals surface area contributed by atoms with Gasteiger partial charge in [0.25, 0.3) is 0 Å². The molecule has 1 aromatic carbocycles. The summed E-state index contributed by atoms with van der Waals surface area (Å²) in [6.07, 6.45) is 9.56. The summed E-state index contributed by atoms with van der Waals surface area (Å²) < 4.78 is 7.22. The number of rotatable bonds is 6. The lowest BCUT2D eigenvalue weighted by Crippen LogP contribution is -2.33. The summed E-state index contributed by atoms with van der Waals surface area (Å²) in [7, 11) is 3.61. The molecule has 2 aromatic rings. The topological polar surface area (TPSA) is 56.1 Å². The van der Waals surface area contributed by atoms with Crippen molar-refractivity contribution in [2.24, 2.45) is 24.8 Å². The number of ether oxygens (including phenoxy) is 1. The third-order valence-corrected chi connectivity index (χ3v) is 6.20. The van der Waals surface area contributed by atoms with Gasteiger partial charge in [0.1, 0.15) is 17.6 Å². The molecule has 0 saturated heterocycles. The summed E-state index contributed by atoms with van der Waals surface area (Å²) in [4.78, 5) is 17.3. The molecule has 1 heterocycles. The molecule has 2 aliphatic carbocycles. The summed E-state index contributed by atoms with van der Waals surface area (Å²) >= 11 is 0. The van der Waals surface area contributed by atoms with Crippen LogP contribution in [0.5, 0.6) is 5.75 Å². The van der Waals surface area contributed by atoms with E-state index in [0.717, 1.165) is 29.0 Å². The number of carbonyl (C=O) groups is 1. The lowest BCUT2D eigenvalue weighted by atomic mass is 9.86. The Morgan fingerprint density at radius 1 is 1.31 bits per heavy atom. The SMILES string of the molecule is COc1ccc([C@@H](NC(=O)C[C@H]2C[C@H]3CC[C@H]2C3)c2nccn2C)cc1. The van der Waals surface area contributed by atoms with Gasteiger partial charge in [0.15, 0.2) is 0 Å². The van der Waals surface area contributed by atoms with E-state index in [9.17, 15) is 4.79 Å². The molecule has 2 aliphatic rings. The smallest absolute Gasteiger partial charge is 0.221 e. The number of fused-ring (bicyclic) bond motifs is 2. The number of aryl methyl sites for hydroxylation is 1. The van der Waals surface area contributed by atoms with Gasteiger partial charge in [-0.3, -0.25) is 4.79 Å². The van der Waals surface area contributed by atoms with Crippen LogP contribution in [0.4, 0.5) is 0 Å². The van der Waals surface area contributed by atoms with E-state index >= 15 is 0 Å². The first-order valence-electron chi connectivity index (χ1n) is 9.54. The highest BCUT2D eigenvalue weighted by Crippen LogP contribution is 2.49. The van der Waals surface area contributed by atoms with Crippen LogP contribution in [0.1, 0.15) is 49.5 Å². The first-order chi connectivity index (χ1) is 12.6. The second-order valence-corrected chi connectivity index (χ2v) is 7.81. The summed E-state index contributed by atoms with van der Waals surface area (Å²) in [6, 6.07) is 7.60. The minimum absolute atomic E-state index is 0.131. The summed E-state index contributed by atoms with van der Waals surface area (Å²) in [5.74, 6) is 3.97. The van der Waals surface area contributed by atoms with Crippen LogP contribution in [0.15, 0.2) is 36.7 Å². The number of aromatic nitrogens is 2. The van der Waals surface area contributed by atoms with Gasteiger partial charge in [-0.1, -0.05) is 18.6 Å². The highest BCUT2D eigenvalue weighted by Gasteiger charge is 2.40. The predicted octanol–water partition coefficient (Wildman–Crippen LogP) is 3.46. The minimum Gasteiger partial charge on any atom is -0.497 e. The number of nitrogens with one attached hydrogen (secondary N) is 1. The Labute approximate surface area is 154 Å². The van der Waals surface area contributed by atoms with Crippen LogP contribution in [0.25, 0.3) is 0 Å². The zero-order valence-electron chi connectivity index (χ0n) is 15.5. The maximum absolute atomic E-state index is 12.8. The Kier molecular flexibility index (Phi) is 4.70. The average molecular weight is 353 g/mol. The van der Waals surface area contributed by atoms with Crippen molar-refractivity contribution in [2.75, 3.05) is 7.11 Å². The van der Waals surface area contributed by atoms with Crippen LogP contribution >= 0.6 is 0 Å². The highest BCUT2D eigenvalue weighted by atomic mass is 16.5. The molecule has 1 N–H and O–H groups in total. The van der Waals surface area contributed by atoms with Crippen LogP contribution in [0.2, 0.25) is 0 Å². The summed E-state index contributed by atoms with van der Waals surface area (Å²) in [5, 5.41) is 3.24. The van der Waals surface area contributed by atoms with Gasteiger partial charge in [-0.2, -0.15) is 0 Å². The maximum atomic E-state index is 12.8. The lowest BCUT2D eigenvalue weighted by molar-refractivity contribution is -0.123. The first-order valence-corrected chi connectivity index (χ1v) is 9.54. The zero-order chi connectivity index (χ0) is 18.1. The molecule has 0 unspecified atom stereocenters. The van der Waals surface area contributed by atoms with Crippen molar-refractivity contribution in [1.82, 2.24) is 14.9 Å². The molecule has 5 nitrogen and oxygen atoms in total. The van der Waals surface area contributed by atoms with Crippen molar-refractivity contribution in [3.8, 4) is 5.75 Å². The number of hydrogen-bond donors (Lipinski definition) is 1. The number of methoxy groups -OCH3 is 1. The normalized spacial score (nSPS) is 25.2. The average Bonchev–Trinajstić information content (AvgIpc) is 3.37. The highest BCUT2D eigenvalue weighted by molar-refractivity contribution is 5.77. The van der Waals surface area contributed by atoms with Crippen molar-refractivity contribution < 1.29 is 9.53 Å². The molecule has 4 rings (SSSR count). The molecule has 2 saturated carbocycles. The second kappa shape index (κ2) is 7.14. The van der Waals surface area contributed by atoms with Crippen molar-refractivity contribution in [3.63, 3.8) is 0 Å². The summed E-state index contributed by atoms with van der Waals surface area (Å²) in [5.41, 5.74) is 1.02. The van der Waals surface area contributed by atoms with E-state index in [2.05, 4.69) is 10.3 Å². The van der Waals surface area contributed by atoms with Crippen molar-refractivity contribution >= 4 is 5.91 Å². The Bertz CT molecular complexity index is 768. The Hall–Kier alpha value is -2.30. The van der Waals surface area contributed by atoms with Gasteiger partial charge in [0.2, 0.25) is 5.91 Å². The fourth-order valence-electron chi connectivity index (χ4n) is 4.83. The molecule has 0 aliphatic heterocycles. The van der Waals surface area contributed by atoms with Gasteiger partial charge >= 0.3 is 0 Å². The molecule has 138 valence electrons.